The summed E-state index contributed by atoms with van der Waals surface area (Å²) in [5, 5.41) is 2.83. The average Bonchev–Trinajstić information content (AvgIpc) is 3.40. The molecule has 0 fully saturated rings. The summed E-state index contributed by atoms with van der Waals surface area (Å²) in [6, 6.07) is 16.3. The van der Waals surface area contributed by atoms with E-state index in [-0.39, 0.29) is 37.4 Å². The van der Waals surface area contributed by atoms with Crippen LogP contribution in [-0.4, -0.2) is 65.5 Å². The van der Waals surface area contributed by atoms with Gasteiger partial charge in [0.25, 0.3) is 5.91 Å². The van der Waals surface area contributed by atoms with Crippen molar-refractivity contribution in [2.24, 2.45) is 0 Å². The predicted octanol–water partition coefficient (Wildman–Crippen LogP) is 4.19. The third-order valence-corrected chi connectivity index (χ3v) is 7.15. The van der Waals surface area contributed by atoms with Gasteiger partial charge in [0.2, 0.25) is 18.6 Å². The molecule has 2 aliphatic rings. The summed E-state index contributed by atoms with van der Waals surface area (Å²) in [6.07, 6.45) is 1.62. The van der Waals surface area contributed by atoms with Gasteiger partial charge in [0.15, 0.2) is 17.3 Å². The van der Waals surface area contributed by atoms with Crippen LogP contribution in [0.1, 0.15) is 42.6 Å². The lowest BCUT2D eigenvalue weighted by atomic mass is 10.1. The maximum absolute atomic E-state index is 13.5. The molecule has 0 aliphatic carbocycles. The molecule has 3 aromatic rings. The number of pyridine rings is 1. The number of amides is 3. The molecule has 0 bridgehead atoms. The van der Waals surface area contributed by atoms with Crippen LogP contribution < -0.4 is 19.7 Å². The van der Waals surface area contributed by atoms with Gasteiger partial charge in [-0.05, 0) is 55.4 Å². The van der Waals surface area contributed by atoms with Gasteiger partial charge in [-0.3, -0.25) is 24.2 Å². The Bertz CT molecular complexity index is 1410. The number of carbonyl (C=O) groups is 3. The van der Waals surface area contributed by atoms with Crippen LogP contribution in [0.25, 0.3) is 0 Å². The van der Waals surface area contributed by atoms with Gasteiger partial charge in [0, 0.05) is 45.2 Å². The van der Waals surface area contributed by atoms with Crippen molar-refractivity contribution < 1.29 is 23.9 Å². The molecule has 40 heavy (non-hydrogen) atoms. The molecule has 208 valence electrons. The SMILES string of the molecule is CCN(CCN(CC)C(=O)CCC(=O)N1c2ccccc2C(=O)Nc2cccnc21)Cc1ccc2c(c1)OCO2. The summed E-state index contributed by atoms with van der Waals surface area (Å²) < 4.78 is 10.9. The molecule has 2 aliphatic heterocycles. The Kier molecular flexibility index (Phi) is 8.26. The fourth-order valence-electron chi connectivity index (χ4n) is 4.94. The minimum Gasteiger partial charge on any atom is -0.454 e. The van der Waals surface area contributed by atoms with E-state index in [4.69, 9.17) is 9.47 Å². The quantitative estimate of drug-likeness (QED) is 0.409. The largest absolute Gasteiger partial charge is 0.454 e. The molecule has 3 amide bonds. The fourth-order valence-corrected chi connectivity index (χ4v) is 4.94. The van der Waals surface area contributed by atoms with Crippen molar-refractivity contribution in [2.45, 2.75) is 33.2 Å². The lowest BCUT2D eigenvalue weighted by Gasteiger charge is -2.27. The van der Waals surface area contributed by atoms with Crippen molar-refractivity contribution in [2.75, 3.05) is 43.2 Å². The van der Waals surface area contributed by atoms with Crippen LogP contribution in [-0.2, 0) is 16.1 Å². The van der Waals surface area contributed by atoms with Crippen LogP contribution in [0.3, 0.4) is 0 Å². The summed E-state index contributed by atoms with van der Waals surface area (Å²) in [5.74, 6) is 1.16. The number of nitrogens with one attached hydrogen (secondary N) is 1. The van der Waals surface area contributed by atoms with E-state index in [1.165, 1.54) is 4.90 Å². The summed E-state index contributed by atoms with van der Waals surface area (Å²) in [5.41, 5.74) is 2.38. The Labute approximate surface area is 233 Å². The highest BCUT2D eigenvalue weighted by Crippen LogP contribution is 2.37. The van der Waals surface area contributed by atoms with Crippen molar-refractivity contribution in [1.29, 1.82) is 0 Å². The second-order valence-corrected chi connectivity index (χ2v) is 9.60. The van der Waals surface area contributed by atoms with E-state index in [1.807, 2.05) is 25.1 Å². The normalized spacial score (nSPS) is 13.4. The van der Waals surface area contributed by atoms with Crippen molar-refractivity contribution in [3.63, 3.8) is 0 Å². The summed E-state index contributed by atoms with van der Waals surface area (Å²) in [7, 11) is 0. The number of aromatic nitrogens is 1. The summed E-state index contributed by atoms with van der Waals surface area (Å²) >= 11 is 0. The standard InChI is InChI=1S/C30H33N5O5/c1-3-33(19-21-11-12-25-26(18-21)40-20-39-25)16-17-34(4-2)27(36)13-14-28(37)35-24-10-6-5-8-22(24)30(38)32-23-9-7-15-31-29(23)35/h5-12,15,18H,3-4,13-14,16-17,19-20H2,1-2H3,(H,32,38). The molecule has 3 heterocycles. The first-order valence-corrected chi connectivity index (χ1v) is 13.6. The molecular weight excluding hydrogens is 510 g/mol. The van der Waals surface area contributed by atoms with E-state index in [2.05, 4.69) is 22.1 Å². The summed E-state index contributed by atoms with van der Waals surface area (Å²) in [6.45, 7) is 7.63. The van der Waals surface area contributed by atoms with Gasteiger partial charge < -0.3 is 19.7 Å². The van der Waals surface area contributed by atoms with Gasteiger partial charge in [-0.15, -0.1) is 0 Å². The first kappa shape index (κ1) is 27.1. The van der Waals surface area contributed by atoms with E-state index >= 15 is 0 Å². The van der Waals surface area contributed by atoms with Gasteiger partial charge in [0.05, 0.1) is 16.9 Å². The van der Waals surface area contributed by atoms with Crippen LogP contribution in [0.15, 0.2) is 60.8 Å². The zero-order chi connectivity index (χ0) is 28.1. The number of nitrogens with zero attached hydrogens (tertiary/aromatic N) is 4. The number of para-hydroxylation sites is 1. The highest BCUT2D eigenvalue weighted by molar-refractivity contribution is 6.17. The number of rotatable bonds is 10. The van der Waals surface area contributed by atoms with E-state index in [9.17, 15) is 14.4 Å². The molecule has 0 saturated carbocycles. The van der Waals surface area contributed by atoms with Gasteiger partial charge in [0.1, 0.15) is 0 Å². The fraction of sp³-hybridized carbons (Fsp3) is 0.333. The van der Waals surface area contributed by atoms with Gasteiger partial charge >= 0.3 is 0 Å². The molecule has 0 atom stereocenters. The van der Waals surface area contributed by atoms with E-state index in [0.717, 1.165) is 30.2 Å². The van der Waals surface area contributed by atoms with Crippen LogP contribution in [0, 0.1) is 0 Å². The van der Waals surface area contributed by atoms with Gasteiger partial charge in [-0.2, -0.15) is 0 Å². The Morgan fingerprint density at radius 1 is 0.975 bits per heavy atom. The maximum atomic E-state index is 13.5. The number of hydrogen-bond donors (Lipinski definition) is 1. The van der Waals surface area contributed by atoms with Gasteiger partial charge in [-0.1, -0.05) is 25.1 Å². The molecule has 5 rings (SSSR count). The Hall–Kier alpha value is -4.44. The van der Waals surface area contributed by atoms with Crippen LogP contribution in [0.5, 0.6) is 11.5 Å². The van der Waals surface area contributed by atoms with Crippen LogP contribution in [0.4, 0.5) is 17.2 Å². The number of carbonyl (C=O) groups excluding carboxylic acids is 3. The zero-order valence-corrected chi connectivity index (χ0v) is 22.8. The molecule has 0 radical (unpaired) electrons. The Balaban J connectivity index is 1.21. The van der Waals surface area contributed by atoms with Crippen molar-refractivity contribution in [1.82, 2.24) is 14.8 Å². The minimum atomic E-state index is -0.311. The molecule has 1 N–H and O–H groups in total. The molecule has 0 unspecified atom stereocenters. The number of ether oxygens (including phenoxy) is 2. The molecule has 10 nitrogen and oxygen atoms in total. The third kappa shape index (κ3) is 5.76. The maximum Gasteiger partial charge on any atom is 0.257 e. The molecule has 1 aromatic heterocycles. The number of anilines is 3. The first-order valence-electron chi connectivity index (χ1n) is 13.6. The molecule has 10 heteroatoms. The monoisotopic (exact) mass is 543 g/mol. The minimum absolute atomic E-state index is 0.0113. The van der Waals surface area contributed by atoms with Crippen molar-refractivity contribution in [3.05, 3.63) is 71.9 Å². The highest BCUT2D eigenvalue weighted by atomic mass is 16.7. The highest BCUT2D eigenvalue weighted by Gasteiger charge is 2.30. The van der Waals surface area contributed by atoms with E-state index in [0.29, 0.717) is 42.4 Å². The van der Waals surface area contributed by atoms with Crippen LogP contribution >= 0.6 is 0 Å². The average molecular weight is 544 g/mol. The summed E-state index contributed by atoms with van der Waals surface area (Å²) in [4.78, 5) is 49.4. The zero-order valence-electron chi connectivity index (χ0n) is 22.8. The van der Waals surface area contributed by atoms with E-state index < -0.39 is 0 Å². The lowest BCUT2D eigenvalue weighted by molar-refractivity contribution is -0.133. The smallest absolute Gasteiger partial charge is 0.257 e. The first-order chi connectivity index (χ1) is 19.5. The second kappa shape index (κ2) is 12.2. The number of likely N-dealkylation sites (N-methyl/N-ethyl adjacent to an activating group) is 2. The number of fused-ring (bicyclic) bond motifs is 3. The van der Waals surface area contributed by atoms with E-state index in [1.54, 1.807) is 47.5 Å². The molecular formula is C30H33N5O5. The number of hydrogen-bond acceptors (Lipinski definition) is 7. The van der Waals surface area contributed by atoms with Gasteiger partial charge in [-0.25, -0.2) is 4.98 Å². The topological polar surface area (TPSA) is 104 Å². The lowest BCUT2D eigenvalue weighted by Crippen LogP contribution is -2.39. The van der Waals surface area contributed by atoms with Crippen molar-refractivity contribution >= 4 is 34.9 Å². The second-order valence-electron chi connectivity index (χ2n) is 9.60. The third-order valence-electron chi connectivity index (χ3n) is 7.15. The molecule has 0 saturated heterocycles. The Morgan fingerprint density at radius 3 is 2.62 bits per heavy atom. The Morgan fingerprint density at radius 2 is 1.80 bits per heavy atom. The molecule has 2 aromatic carbocycles. The predicted molar refractivity (Wildman–Crippen MR) is 151 cm³/mol. The van der Waals surface area contributed by atoms with Crippen molar-refractivity contribution in [3.8, 4) is 11.5 Å². The number of benzene rings is 2. The molecule has 0 spiro atoms. The van der Waals surface area contributed by atoms with Crippen LogP contribution in [0.2, 0.25) is 0 Å².